The highest BCUT2D eigenvalue weighted by Gasteiger charge is 2.55. The molecule has 2 fully saturated rings. The number of sulfonamides is 1. The van der Waals surface area contributed by atoms with E-state index in [1.807, 2.05) is 12.1 Å². The van der Waals surface area contributed by atoms with E-state index in [1.54, 1.807) is 24.7 Å². The SMILES string of the molecule is COCCN1CCC(C(=O)NO)(S(=O)(=O)N2CCN(c3ccc(C(C)=O)cc3)CC2)CC1. The molecule has 0 bridgehead atoms. The fourth-order valence-corrected chi connectivity index (χ4v) is 6.52. The Hall–Kier alpha value is -2.05. The Labute approximate surface area is 189 Å². The molecular weight excluding hydrogens is 436 g/mol. The molecule has 0 aliphatic carbocycles. The van der Waals surface area contributed by atoms with Crippen molar-refractivity contribution in [3.8, 4) is 0 Å². The number of hydroxylamine groups is 1. The van der Waals surface area contributed by atoms with Gasteiger partial charge in [0.05, 0.1) is 6.61 Å². The lowest BCUT2D eigenvalue weighted by Crippen LogP contribution is -2.63. The molecule has 0 radical (unpaired) electrons. The van der Waals surface area contributed by atoms with Crippen LogP contribution in [0.2, 0.25) is 0 Å². The summed E-state index contributed by atoms with van der Waals surface area (Å²) in [5.41, 5.74) is 3.15. The van der Waals surface area contributed by atoms with Gasteiger partial charge < -0.3 is 14.5 Å². The number of hydrogen-bond donors (Lipinski definition) is 2. The van der Waals surface area contributed by atoms with Gasteiger partial charge in [0.1, 0.15) is 0 Å². The molecule has 2 aliphatic rings. The van der Waals surface area contributed by atoms with E-state index in [-0.39, 0.29) is 31.7 Å². The molecule has 1 aromatic rings. The number of carbonyl (C=O) groups excluding carboxylic acids is 2. The van der Waals surface area contributed by atoms with Crippen LogP contribution in [0, 0.1) is 0 Å². The number of anilines is 1. The smallest absolute Gasteiger partial charge is 0.266 e. The summed E-state index contributed by atoms with van der Waals surface area (Å²) < 4.78 is 32.0. The number of amides is 1. The lowest BCUT2D eigenvalue weighted by Gasteiger charge is -2.44. The number of ketones is 1. The third kappa shape index (κ3) is 4.81. The summed E-state index contributed by atoms with van der Waals surface area (Å²) in [6, 6.07) is 7.24. The van der Waals surface area contributed by atoms with Crippen LogP contribution in [0.25, 0.3) is 0 Å². The second kappa shape index (κ2) is 10.3. The van der Waals surface area contributed by atoms with E-state index in [9.17, 15) is 23.2 Å². The molecule has 2 saturated heterocycles. The van der Waals surface area contributed by atoms with Crippen molar-refractivity contribution in [2.45, 2.75) is 24.5 Å². The molecule has 0 atom stereocenters. The van der Waals surface area contributed by atoms with Crippen molar-refractivity contribution in [3.63, 3.8) is 0 Å². The van der Waals surface area contributed by atoms with Crippen LogP contribution in [0.5, 0.6) is 0 Å². The van der Waals surface area contributed by atoms with Gasteiger partial charge in [0.15, 0.2) is 10.5 Å². The van der Waals surface area contributed by atoms with Crippen molar-refractivity contribution in [3.05, 3.63) is 29.8 Å². The number of nitrogens with zero attached hydrogens (tertiary/aromatic N) is 3. The van der Waals surface area contributed by atoms with Crippen molar-refractivity contribution >= 4 is 27.4 Å². The monoisotopic (exact) mass is 468 g/mol. The molecule has 2 heterocycles. The molecule has 2 N–H and O–H groups in total. The minimum absolute atomic E-state index is 0.00631. The van der Waals surface area contributed by atoms with Gasteiger partial charge in [-0.3, -0.25) is 14.8 Å². The summed E-state index contributed by atoms with van der Waals surface area (Å²) in [6.45, 7) is 4.98. The lowest BCUT2D eigenvalue weighted by molar-refractivity contribution is -0.133. The Balaban J connectivity index is 1.70. The van der Waals surface area contributed by atoms with E-state index < -0.39 is 20.7 Å². The van der Waals surface area contributed by atoms with Crippen LogP contribution >= 0.6 is 0 Å². The lowest BCUT2D eigenvalue weighted by atomic mass is 9.95. The highest BCUT2D eigenvalue weighted by molar-refractivity contribution is 7.91. The zero-order chi connectivity index (χ0) is 23.4. The number of nitrogens with one attached hydrogen (secondary N) is 1. The molecule has 1 aromatic carbocycles. The van der Waals surface area contributed by atoms with Crippen molar-refractivity contribution < 1.29 is 28.0 Å². The number of likely N-dealkylation sites (tertiary alicyclic amines) is 1. The molecule has 178 valence electrons. The Kier molecular flexibility index (Phi) is 7.88. The van der Waals surface area contributed by atoms with Gasteiger partial charge in [-0.05, 0) is 44.0 Å². The number of ether oxygens (including phenoxy) is 1. The first-order valence-electron chi connectivity index (χ1n) is 10.8. The molecule has 3 rings (SSSR count). The second-order valence-corrected chi connectivity index (χ2v) is 10.5. The van der Waals surface area contributed by atoms with Gasteiger partial charge in [-0.25, -0.2) is 13.9 Å². The van der Waals surface area contributed by atoms with Crippen LogP contribution in [-0.4, -0.2) is 98.8 Å². The van der Waals surface area contributed by atoms with E-state index in [2.05, 4.69) is 9.80 Å². The number of Topliss-reactive ketones (excluding diaryl/α,β-unsaturated/α-hetero) is 1. The molecule has 11 heteroatoms. The molecule has 1 amide bonds. The van der Waals surface area contributed by atoms with Gasteiger partial charge in [-0.15, -0.1) is 0 Å². The van der Waals surface area contributed by atoms with Gasteiger partial charge in [-0.1, -0.05) is 0 Å². The number of hydrogen-bond acceptors (Lipinski definition) is 8. The highest BCUT2D eigenvalue weighted by atomic mass is 32.2. The van der Waals surface area contributed by atoms with Crippen LogP contribution in [-0.2, 0) is 19.6 Å². The maximum absolute atomic E-state index is 13.6. The first-order valence-corrected chi connectivity index (χ1v) is 12.2. The average Bonchev–Trinajstić information content (AvgIpc) is 2.82. The number of piperazine rings is 1. The van der Waals surface area contributed by atoms with Gasteiger partial charge >= 0.3 is 0 Å². The van der Waals surface area contributed by atoms with E-state index in [1.165, 1.54) is 11.2 Å². The van der Waals surface area contributed by atoms with E-state index in [0.29, 0.717) is 44.9 Å². The van der Waals surface area contributed by atoms with Crippen molar-refractivity contribution in [2.75, 3.05) is 64.4 Å². The Morgan fingerprint density at radius 1 is 1.06 bits per heavy atom. The average molecular weight is 469 g/mol. The minimum Gasteiger partial charge on any atom is -0.383 e. The standard InChI is InChI=1S/C21H32N4O6S/c1-17(26)18-3-5-19(6-4-18)24-11-13-25(14-12-24)32(29,30)21(20(27)22-28)7-9-23(10-8-21)15-16-31-2/h3-6,28H,7-16H2,1-2H3,(H,22,27). The first-order chi connectivity index (χ1) is 15.2. The number of methoxy groups -OCH3 is 1. The summed E-state index contributed by atoms with van der Waals surface area (Å²) in [4.78, 5) is 28.2. The van der Waals surface area contributed by atoms with Crippen molar-refractivity contribution in [2.24, 2.45) is 0 Å². The predicted octanol–water partition coefficient (Wildman–Crippen LogP) is 0.327. The minimum atomic E-state index is -3.99. The number of carbonyl (C=O) groups is 2. The summed E-state index contributed by atoms with van der Waals surface area (Å²) in [5, 5.41) is 9.33. The summed E-state index contributed by atoms with van der Waals surface area (Å²) in [7, 11) is -2.39. The molecule has 32 heavy (non-hydrogen) atoms. The normalized spacial score (nSPS) is 20.2. The van der Waals surface area contributed by atoms with Gasteiger partial charge in [-0.2, -0.15) is 4.31 Å². The third-order valence-electron chi connectivity index (χ3n) is 6.50. The fourth-order valence-electron chi connectivity index (χ4n) is 4.40. The number of benzene rings is 1. The van der Waals surface area contributed by atoms with Gasteiger partial charge in [0.2, 0.25) is 10.0 Å². The summed E-state index contributed by atoms with van der Waals surface area (Å²) in [5.74, 6) is -0.876. The van der Waals surface area contributed by atoms with Gasteiger partial charge in [0.25, 0.3) is 5.91 Å². The zero-order valence-corrected chi connectivity index (χ0v) is 19.4. The molecular formula is C21H32N4O6S. The quantitative estimate of drug-likeness (QED) is 0.318. The highest BCUT2D eigenvalue weighted by Crippen LogP contribution is 2.34. The summed E-state index contributed by atoms with van der Waals surface area (Å²) >= 11 is 0. The fraction of sp³-hybridized carbons (Fsp3) is 0.619. The first kappa shape index (κ1) is 24.6. The maximum Gasteiger partial charge on any atom is 0.266 e. The van der Waals surface area contributed by atoms with E-state index >= 15 is 0 Å². The van der Waals surface area contributed by atoms with Crippen LogP contribution in [0.15, 0.2) is 24.3 Å². The Bertz CT molecular complexity index is 905. The Morgan fingerprint density at radius 3 is 2.16 bits per heavy atom. The van der Waals surface area contributed by atoms with Gasteiger partial charge in [0, 0.05) is 64.2 Å². The predicted molar refractivity (Wildman–Crippen MR) is 119 cm³/mol. The van der Waals surface area contributed by atoms with E-state index in [0.717, 1.165) is 5.69 Å². The number of piperidine rings is 1. The van der Waals surface area contributed by atoms with Crippen LogP contribution in [0.3, 0.4) is 0 Å². The topological polar surface area (TPSA) is 119 Å². The molecule has 10 nitrogen and oxygen atoms in total. The molecule has 0 unspecified atom stereocenters. The van der Waals surface area contributed by atoms with Crippen LogP contribution < -0.4 is 10.4 Å². The Morgan fingerprint density at radius 2 is 1.66 bits per heavy atom. The maximum atomic E-state index is 13.6. The third-order valence-corrected chi connectivity index (χ3v) is 9.13. The summed E-state index contributed by atoms with van der Waals surface area (Å²) in [6.07, 6.45) is 0.219. The van der Waals surface area contributed by atoms with Crippen molar-refractivity contribution in [1.29, 1.82) is 0 Å². The van der Waals surface area contributed by atoms with Crippen LogP contribution in [0.1, 0.15) is 30.1 Å². The molecule has 2 aliphatic heterocycles. The van der Waals surface area contributed by atoms with E-state index in [4.69, 9.17) is 4.74 Å². The molecule has 0 spiro atoms. The van der Waals surface area contributed by atoms with Crippen molar-refractivity contribution in [1.82, 2.24) is 14.7 Å². The largest absolute Gasteiger partial charge is 0.383 e. The molecule has 0 saturated carbocycles. The zero-order valence-electron chi connectivity index (χ0n) is 18.6. The van der Waals surface area contributed by atoms with Crippen LogP contribution in [0.4, 0.5) is 5.69 Å². The molecule has 0 aromatic heterocycles. The number of rotatable bonds is 8. The second-order valence-electron chi connectivity index (χ2n) is 8.26.